The van der Waals surface area contributed by atoms with E-state index >= 15 is 0 Å². The number of rotatable bonds is 1. The Morgan fingerprint density at radius 1 is 1.54 bits per heavy atom. The summed E-state index contributed by atoms with van der Waals surface area (Å²) in [5, 5.41) is 0. The lowest BCUT2D eigenvalue weighted by molar-refractivity contribution is 0.407. The number of likely N-dealkylation sites (N-methyl/N-ethyl adjacent to an activating group) is 1. The van der Waals surface area contributed by atoms with E-state index in [2.05, 4.69) is 23.0 Å². The molecule has 2 N–H and O–H groups in total. The Kier molecular flexibility index (Phi) is 2.29. The van der Waals surface area contributed by atoms with Crippen LogP contribution in [0.4, 0.5) is 0 Å². The van der Waals surface area contributed by atoms with Crippen molar-refractivity contribution in [1.29, 1.82) is 0 Å². The highest BCUT2D eigenvalue weighted by Gasteiger charge is 2.28. The lowest BCUT2D eigenvalue weighted by Crippen LogP contribution is -2.27. The molecule has 3 heteroatoms. The second kappa shape index (κ2) is 3.44. The fourth-order valence-corrected chi connectivity index (χ4v) is 1.98. The van der Waals surface area contributed by atoms with Crippen LogP contribution in [0.5, 0.6) is 0 Å². The van der Waals surface area contributed by atoms with Gasteiger partial charge in [0.2, 0.25) is 0 Å². The van der Waals surface area contributed by atoms with E-state index in [9.17, 15) is 0 Å². The zero-order valence-electron chi connectivity index (χ0n) is 7.85. The van der Waals surface area contributed by atoms with Crippen LogP contribution in [0.25, 0.3) is 0 Å². The molecular weight excluding hydrogens is 162 g/mol. The SMILES string of the molecule is CN1C[C@@H](N)[C@H](c2cccnc2)C1. The van der Waals surface area contributed by atoms with Crippen LogP contribution in [0.2, 0.25) is 0 Å². The predicted octanol–water partition coefficient (Wildman–Crippen LogP) is 0.438. The summed E-state index contributed by atoms with van der Waals surface area (Å²) in [5.41, 5.74) is 7.30. The number of aromatic nitrogens is 1. The van der Waals surface area contributed by atoms with Gasteiger partial charge in [0.25, 0.3) is 0 Å². The van der Waals surface area contributed by atoms with E-state index in [1.165, 1.54) is 5.56 Å². The zero-order valence-corrected chi connectivity index (χ0v) is 7.85. The molecule has 1 aromatic heterocycles. The normalized spacial score (nSPS) is 29.4. The van der Waals surface area contributed by atoms with Crippen molar-refractivity contribution in [3.05, 3.63) is 30.1 Å². The minimum absolute atomic E-state index is 0.259. The van der Waals surface area contributed by atoms with Crippen LogP contribution < -0.4 is 5.73 Å². The van der Waals surface area contributed by atoms with Crippen molar-refractivity contribution in [1.82, 2.24) is 9.88 Å². The molecule has 0 amide bonds. The monoisotopic (exact) mass is 177 g/mol. The second-order valence-corrected chi connectivity index (χ2v) is 3.78. The van der Waals surface area contributed by atoms with Gasteiger partial charge < -0.3 is 10.6 Å². The molecule has 1 aliphatic rings. The van der Waals surface area contributed by atoms with Gasteiger partial charge in [0.05, 0.1) is 0 Å². The van der Waals surface area contributed by atoms with Crippen molar-refractivity contribution in [2.45, 2.75) is 12.0 Å². The van der Waals surface area contributed by atoms with Crippen molar-refractivity contribution in [3.8, 4) is 0 Å². The first-order chi connectivity index (χ1) is 6.27. The van der Waals surface area contributed by atoms with Gasteiger partial charge in [-0.3, -0.25) is 4.98 Å². The van der Waals surface area contributed by atoms with E-state index in [4.69, 9.17) is 5.73 Å². The van der Waals surface area contributed by atoms with Crippen LogP contribution >= 0.6 is 0 Å². The fourth-order valence-electron chi connectivity index (χ4n) is 1.98. The summed E-state index contributed by atoms with van der Waals surface area (Å²) >= 11 is 0. The molecule has 0 unspecified atom stereocenters. The Morgan fingerprint density at radius 3 is 2.92 bits per heavy atom. The maximum absolute atomic E-state index is 6.03. The molecular formula is C10H15N3. The topological polar surface area (TPSA) is 42.1 Å². The minimum Gasteiger partial charge on any atom is -0.326 e. The third kappa shape index (κ3) is 1.71. The molecule has 0 aromatic carbocycles. The molecule has 0 saturated carbocycles. The number of nitrogens with two attached hydrogens (primary N) is 1. The average molecular weight is 177 g/mol. The molecule has 1 aromatic rings. The van der Waals surface area contributed by atoms with E-state index < -0.39 is 0 Å². The van der Waals surface area contributed by atoms with Crippen molar-refractivity contribution in [2.75, 3.05) is 20.1 Å². The third-order valence-corrected chi connectivity index (χ3v) is 2.66. The van der Waals surface area contributed by atoms with Crippen molar-refractivity contribution >= 4 is 0 Å². The van der Waals surface area contributed by atoms with E-state index in [0.717, 1.165) is 13.1 Å². The van der Waals surface area contributed by atoms with Gasteiger partial charge in [-0.05, 0) is 18.7 Å². The van der Waals surface area contributed by atoms with Gasteiger partial charge in [0.1, 0.15) is 0 Å². The maximum atomic E-state index is 6.03. The van der Waals surface area contributed by atoms with Gasteiger partial charge in [-0.15, -0.1) is 0 Å². The fraction of sp³-hybridized carbons (Fsp3) is 0.500. The number of hydrogen-bond acceptors (Lipinski definition) is 3. The van der Waals surface area contributed by atoms with Crippen molar-refractivity contribution in [2.24, 2.45) is 5.73 Å². The molecule has 13 heavy (non-hydrogen) atoms. The molecule has 3 nitrogen and oxygen atoms in total. The molecule has 0 aliphatic carbocycles. The van der Waals surface area contributed by atoms with Crippen LogP contribution in [-0.2, 0) is 0 Å². The van der Waals surface area contributed by atoms with Crippen LogP contribution in [0.15, 0.2) is 24.5 Å². The summed E-state index contributed by atoms with van der Waals surface area (Å²) in [6.45, 7) is 2.03. The Morgan fingerprint density at radius 2 is 2.38 bits per heavy atom. The lowest BCUT2D eigenvalue weighted by Gasteiger charge is -2.13. The van der Waals surface area contributed by atoms with E-state index in [-0.39, 0.29) is 6.04 Å². The lowest BCUT2D eigenvalue weighted by atomic mass is 9.97. The second-order valence-electron chi connectivity index (χ2n) is 3.78. The molecule has 0 spiro atoms. The quantitative estimate of drug-likeness (QED) is 0.676. The molecule has 1 saturated heterocycles. The van der Waals surface area contributed by atoms with Crippen LogP contribution in [0.1, 0.15) is 11.5 Å². The number of nitrogens with zero attached hydrogens (tertiary/aromatic N) is 2. The first-order valence-electron chi connectivity index (χ1n) is 4.61. The summed E-state index contributed by atoms with van der Waals surface area (Å²) in [6.07, 6.45) is 3.72. The van der Waals surface area contributed by atoms with Crippen molar-refractivity contribution < 1.29 is 0 Å². The zero-order chi connectivity index (χ0) is 9.26. The van der Waals surface area contributed by atoms with Gasteiger partial charge in [0.15, 0.2) is 0 Å². The van der Waals surface area contributed by atoms with Gasteiger partial charge in [-0.1, -0.05) is 6.07 Å². The van der Waals surface area contributed by atoms with Gasteiger partial charge >= 0.3 is 0 Å². The summed E-state index contributed by atoms with van der Waals surface area (Å²) in [5.74, 6) is 0.457. The highest BCUT2D eigenvalue weighted by Crippen LogP contribution is 2.24. The maximum Gasteiger partial charge on any atom is 0.0303 e. The molecule has 2 atom stereocenters. The average Bonchev–Trinajstić information content (AvgIpc) is 2.47. The molecule has 1 aliphatic heterocycles. The van der Waals surface area contributed by atoms with Crippen LogP contribution in [0, 0.1) is 0 Å². The molecule has 2 heterocycles. The number of hydrogen-bond donors (Lipinski definition) is 1. The summed E-state index contributed by atoms with van der Waals surface area (Å²) in [7, 11) is 2.11. The van der Waals surface area contributed by atoms with E-state index in [1.54, 1.807) is 6.20 Å². The molecule has 0 bridgehead atoms. The molecule has 1 fully saturated rings. The highest BCUT2D eigenvalue weighted by molar-refractivity contribution is 5.19. The largest absolute Gasteiger partial charge is 0.326 e. The van der Waals surface area contributed by atoms with Crippen LogP contribution in [0.3, 0.4) is 0 Å². The molecule has 0 radical (unpaired) electrons. The standard InChI is InChI=1S/C10H15N3/c1-13-6-9(10(11)7-13)8-3-2-4-12-5-8/h2-5,9-10H,6-7,11H2,1H3/t9-,10+/m0/s1. The Balaban J connectivity index is 2.18. The van der Waals surface area contributed by atoms with Gasteiger partial charge in [-0.2, -0.15) is 0 Å². The summed E-state index contributed by atoms with van der Waals surface area (Å²) in [4.78, 5) is 6.38. The van der Waals surface area contributed by atoms with Crippen LogP contribution in [-0.4, -0.2) is 36.1 Å². The van der Waals surface area contributed by atoms with E-state index in [0.29, 0.717) is 5.92 Å². The van der Waals surface area contributed by atoms with Gasteiger partial charge in [0, 0.05) is 37.4 Å². The Hall–Kier alpha value is -0.930. The molecule has 2 rings (SSSR count). The third-order valence-electron chi connectivity index (χ3n) is 2.66. The predicted molar refractivity (Wildman–Crippen MR) is 52.5 cm³/mol. The molecule has 70 valence electrons. The summed E-state index contributed by atoms with van der Waals surface area (Å²) in [6, 6.07) is 4.34. The number of likely N-dealkylation sites (tertiary alicyclic amines) is 1. The number of pyridine rings is 1. The first kappa shape index (κ1) is 8.66. The van der Waals surface area contributed by atoms with Gasteiger partial charge in [-0.25, -0.2) is 0 Å². The Labute approximate surface area is 78.6 Å². The summed E-state index contributed by atoms with van der Waals surface area (Å²) < 4.78 is 0. The minimum atomic E-state index is 0.259. The first-order valence-corrected chi connectivity index (χ1v) is 4.61. The smallest absolute Gasteiger partial charge is 0.0303 e. The Bertz CT molecular complexity index is 273. The highest BCUT2D eigenvalue weighted by atomic mass is 15.1. The van der Waals surface area contributed by atoms with E-state index in [1.807, 2.05) is 12.3 Å². The van der Waals surface area contributed by atoms with Crippen molar-refractivity contribution in [3.63, 3.8) is 0 Å².